The summed E-state index contributed by atoms with van der Waals surface area (Å²) in [6, 6.07) is 86.6. The summed E-state index contributed by atoms with van der Waals surface area (Å²) in [5, 5.41) is 12.8. The van der Waals surface area contributed by atoms with Crippen LogP contribution in [0, 0.1) is 0 Å². The molecule has 0 unspecified atom stereocenters. The first-order chi connectivity index (χ1) is 31.3. The highest BCUT2D eigenvalue weighted by atomic mass is 14.5. The van der Waals surface area contributed by atoms with Gasteiger partial charge in [-0.05, 0) is 156 Å². The van der Waals surface area contributed by atoms with Crippen LogP contribution >= 0.6 is 0 Å². The molecular weight excluding hydrogens is 757 g/mol. The fourth-order valence-corrected chi connectivity index (χ4v) is 11.9. The molecule has 0 amide bonds. The topological polar surface area (TPSA) is 0 Å². The van der Waals surface area contributed by atoms with E-state index in [0.29, 0.717) is 0 Å². The van der Waals surface area contributed by atoms with E-state index in [1.807, 2.05) is 0 Å². The second-order valence-corrected chi connectivity index (χ2v) is 17.4. The predicted octanol–water partition coefficient (Wildman–Crippen LogP) is 16.8. The lowest BCUT2D eigenvalue weighted by Gasteiger charge is -2.32. The van der Waals surface area contributed by atoms with Crippen molar-refractivity contribution < 1.29 is 0 Å². The Morgan fingerprint density at radius 3 is 1.35 bits per heavy atom. The van der Waals surface area contributed by atoms with E-state index in [4.69, 9.17) is 0 Å². The molecule has 290 valence electrons. The van der Waals surface area contributed by atoms with Crippen LogP contribution in [0.1, 0.15) is 22.3 Å². The Labute approximate surface area is 366 Å². The maximum atomic E-state index is 2.50. The van der Waals surface area contributed by atoms with Gasteiger partial charge in [0.1, 0.15) is 0 Å². The largest absolute Gasteiger partial charge is 0.0731 e. The van der Waals surface area contributed by atoms with E-state index in [0.717, 1.165) is 0 Å². The summed E-state index contributed by atoms with van der Waals surface area (Å²) < 4.78 is 0. The molecule has 0 saturated heterocycles. The molecule has 2 aliphatic rings. The van der Waals surface area contributed by atoms with Gasteiger partial charge in [-0.1, -0.05) is 206 Å². The fourth-order valence-electron chi connectivity index (χ4n) is 11.9. The average Bonchev–Trinajstić information content (AvgIpc) is 3.82. The van der Waals surface area contributed by atoms with Crippen molar-refractivity contribution in [1.82, 2.24) is 0 Å². The van der Waals surface area contributed by atoms with Crippen LogP contribution in [0.15, 0.2) is 231 Å². The first kappa shape index (κ1) is 34.6. The van der Waals surface area contributed by atoms with Crippen LogP contribution in [0.2, 0.25) is 0 Å². The second-order valence-electron chi connectivity index (χ2n) is 17.4. The lowest BCUT2D eigenvalue weighted by Crippen LogP contribution is -2.26. The lowest BCUT2D eigenvalue weighted by atomic mass is 9.69. The molecule has 0 heterocycles. The van der Waals surface area contributed by atoms with Gasteiger partial charge in [-0.2, -0.15) is 0 Å². The minimum absolute atomic E-state index is 0.473. The van der Waals surface area contributed by atoms with Crippen molar-refractivity contribution in [2.75, 3.05) is 0 Å². The SMILES string of the molecule is c1ccc(-c2c3ccccc3c(-c3cccc(-c4ccc5c6c(c7ccccc7c5c4)-c4cc5ccccc5cc4C64c5ccccc5-c5ccccc54)c3)c3ccccc23)cc1. The summed E-state index contributed by atoms with van der Waals surface area (Å²) in [5.41, 5.74) is 17.8. The van der Waals surface area contributed by atoms with E-state index in [1.165, 1.54) is 132 Å². The highest BCUT2D eigenvalue weighted by molar-refractivity contribution is 6.23. The third kappa shape index (κ3) is 4.65. The average molecular weight is 795 g/mol. The van der Waals surface area contributed by atoms with Crippen molar-refractivity contribution in [2.45, 2.75) is 5.41 Å². The summed E-state index contributed by atoms with van der Waals surface area (Å²) in [7, 11) is 0. The minimum atomic E-state index is -0.473. The third-order valence-corrected chi connectivity index (χ3v) is 14.4. The first-order valence-corrected chi connectivity index (χ1v) is 22.1. The Balaban J connectivity index is 1.04. The smallest absolute Gasteiger partial charge is 0.0622 e. The molecule has 0 atom stereocenters. The van der Waals surface area contributed by atoms with Crippen molar-refractivity contribution in [3.05, 3.63) is 253 Å². The van der Waals surface area contributed by atoms with Gasteiger partial charge in [0.25, 0.3) is 0 Å². The molecular formula is C63H38. The highest BCUT2D eigenvalue weighted by Crippen LogP contribution is 2.66. The van der Waals surface area contributed by atoms with Crippen molar-refractivity contribution in [2.24, 2.45) is 0 Å². The molecule has 63 heavy (non-hydrogen) atoms. The molecule has 0 nitrogen and oxygen atoms in total. The third-order valence-electron chi connectivity index (χ3n) is 14.4. The van der Waals surface area contributed by atoms with Gasteiger partial charge in [0.05, 0.1) is 5.41 Å². The molecule has 1 spiro atoms. The van der Waals surface area contributed by atoms with Gasteiger partial charge in [0.15, 0.2) is 0 Å². The van der Waals surface area contributed by atoms with E-state index >= 15 is 0 Å². The molecule has 0 saturated carbocycles. The van der Waals surface area contributed by atoms with Crippen LogP contribution in [0.5, 0.6) is 0 Å². The number of benzene rings is 12. The summed E-state index contributed by atoms with van der Waals surface area (Å²) >= 11 is 0. The molecule has 0 N–H and O–H groups in total. The van der Waals surface area contributed by atoms with E-state index < -0.39 is 5.41 Å². The molecule has 2 aliphatic carbocycles. The maximum Gasteiger partial charge on any atom is 0.0731 e. The maximum absolute atomic E-state index is 2.50. The standard InChI is InChI=1S/C63H38/c1-2-17-39(18-3-1)59-49-27-8-10-29-51(49)60(52-30-11-9-28-50(52)59)44-22-16-21-40(35-44)43-33-34-53-54(36-43)45-23-6-7-26-48(45)61-55-37-41-19-4-5-20-42(41)38-58(55)63(62(53)61)56-31-14-12-24-46(56)47-25-13-15-32-57(47)63/h1-38H. The van der Waals surface area contributed by atoms with Gasteiger partial charge < -0.3 is 0 Å². The van der Waals surface area contributed by atoms with Crippen molar-refractivity contribution in [3.8, 4) is 55.6 Å². The van der Waals surface area contributed by atoms with Crippen LogP contribution < -0.4 is 0 Å². The van der Waals surface area contributed by atoms with E-state index in [2.05, 4.69) is 231 Å². The molecule has 0 heteroatoms. The zero-order chi connectivity index (χ0) is 41.2. The van der Waals surface area contributed by atoms with Gasteiger partial charge in [-0.25, -0.2) is 0 Å². The summed E-state index contributed by atoms with van der Waals surface area (Å²) in [6.45, 7) is 0. The molecule has 0 bridgehead atoms. The number of hydrogen-bond acceptors (Lipinski definition) is 0. The molecule has 12 aromatic rings. The van der Waals surface area contributed by atoms with Crippen LogP contribution in [0.4, 0.5) is 0 Å². The zero-order valence-corrected chi connectivity index (χ0v) is 34.4. The molecule has 0 fully saturated rings. The van der Waals surface area contributed by atoms with E-state index in [-0.39, 0.29) is 0 Å². The summed E-state index contributed by atoms with van der Waals surface area (Å²) in [5.74, 6) is 0. The molecule has 0 aliphatic heterocycles. The van der Waals surface area contributed by atoms with Crippen LogP contribution in [0.3, 0.4) is 0 Å². The second kappa shape index (κ2) is 13.0. The van der Waals surface area contributed by atoms with E-state index in [9.17, 15) is 0 Å². The lowest BCUT2D eigenvalue weighted by molar-refractivity contribution is 0.803. The van der Waals surface area contributed by atoms with Crippen molar-refractivity contribution in [3.63, 3.8) is 0 Å². The minimum Gasteiger partial charge on any atom is -0.0622 e. The number of fused-ring (bicyclic) bond motifs is 18. The van der Waals surface area contributed by atoms with E-state index in [1.54, 1.807) is 0 Å². The normalized spacial score (nSPS) is 13.2. The van der Waals surface area contributed by atoms with Crippen LogP contribution in [-0.4, -0.2) is 0 Å². The monoisotopic (exact) mass is 794 g/mol. The number of rotatable bonds is 3. The predicted molar refractivity (Wildman–Crippen MR) is 267 cm³/mol. The van der Waals surface area contributed by atoms with Gasteiger partial charge in [0.2, 0.25) is 0 Å². The molecule has 0 radical (unpaired) electrons. The Morgan fingerprint density at radius 2 is 0.698 bits per heavy atom. The Morgan fingerprint density at radius 1 is 0.222 bits per heavy atom. The summed E-state index contributed by atoms with van der Waals surface area (Å²) in [4.78, 5) is 0. The molecule has 0 aromatic heterocycles. The van der Waals surface area contributed by atoms with Crippen molar-refractivity contribution >= 4 is 53.9 Å². The van der Waals surface area contributed by atoms with Crippen molar-refractivity contribution in [1.29, 1.82) is 0 Å². The Hall–Kier alpha value is -8.06. The first-order valence-electron chi connectivity index (χ1n) is 22.1. The van der Waals surface area contributed by atoms with Gasteiger partial charge >= 0.3 is 0 Å². The Bertz CT molecular complexity index is 3800. The van der Waals surface area contributed by atoms with Gasteiger partial charge in [0, 0.05) is 0 Å². The van der Waals surface area contributed by atoms with Gasteiger partial charge in [-0.3, -0.25) is 0 Å². The summed E-state index contributed by atoms with van der Waals surface area (Å²) in [6.07, 6.45) is 0. The van der Waals surface area contributed by atoms with Gasteiger partial charge in [-0.15, -0.1) is 0 Å². The molecule has 12 aromatic carbocycles. The van der Waals surface area contributed by atoms with Crippen LogP contribution in [-0.2, 0) is 5.41 Å². The molecule has 14 rings (SSSR count). The zero-order valence-electron chi connectivity index (χ0n) is 34.4. The quantitative estimate of drug-likeness (QED) is 0.123. The number of hydrogen-bond donors (Lipinski definition) is 0. The van der Waals surface area contributed by atoms with Crippen LogP contribution in [0.25, 0.3) is 109 Å². The highest BCUT2D eigenvalue weighted by Gasteiger charge is 2.53. The Kier molecular flexibility index (Phi) is 7.13. The fraction of sp³-hybridized carbons (Fsp3) is 0.0159.